The fourth-order valence-corrected chi connectivity index (χ4v) is 15.8. The van der Waals surface area contributed by atoms with Gasteiger partial charge in [-0.3, -0.25) is 0 Å². The second-order valence-electron chi connectivity index (χ2n) is 25.2. The Morgan fingerprint density at radius 1 is 0.286 bits per heavy atom. The van der Waals surface area contributed by atoms with Crippen LogP contribution in [0, 0.1) is 0 Å². The predicted octanol–water partition coefficient (Wildman–Crippen LogP) is 21.8. The van der Waals surface area contributed by atoms with Gasteiger partial charge in [0.1, 0.15) is 23.0 Å². The molecule has 98 heavy (non-hydrogen) atoms. The van der Waals surface area contributed by atoms with E-state index in [9.17, 15) is 19.2 Å². The van der Waals surface area contributed by atoms with Crippen molar-refractivity contribution < 1.29 is 38.1 Å². The van der Waals surface area contributed by atoms with Crippen LogP contribution in [0.2, 0.25) is 0 Å². The molecule has 0 saturated carbocycles. The summed E-state index contributed by atoms with van der Waals surface area (Å²) in [6.45, 7) is 21.5. The number of benzene rings is 12. The Balaban J connectivity index is 0.000000176. The second-order valence-corrected chi connectivity index (χ2v) is 27.3. The van der Waals surface area contributed by atoms with E-state index in [1.165, 1.54) is 106 Å². The lowest BCUT2D eigenvalue weighted by atomic mass is 9.93. The molecule has 0 radical (unpaired) electrons. The van der Waals surface area contributed by atoms with Crippen molar-refractivity contribution in [3.05, 3.63) is 312 Å². The molecule has 484 valence electrons. The monoisotopic (exact) mass is 1320 g/mol. The molecule has 2 heterocycles. The Morgan fingerprint density at radius 2 is 0.551 bits per heavy atom. The highest BCUT2D eigenvalue weighted by atomic mass is 32.1. The van der Waals surface area contributed by atoms with Crippen LogP contribution in [-0.2, 0) is 70.5 Å². The third-order valence-electron chi connectivity index (χ3n) is 17.9. The summed E-state index contributed by atoms with van der Waals surface area (Å²) in [7, 11) is 0. The first-order valence-electron chi connectivity index (χ1n) is 32.9. The molecule has 0 aliphatic rings. The number of esters is 4. The van der Waals surface area contributed by atoms with Gasteiger partial charge in [-0.05, 0) is 227 Å². The van der Waals surface area contributed by atoms with Crippen molar-refractivity contribution >= 4 is 130 Å². The number of thiophene rings is 2. The van der Waals surface area contributed by atoms with E-state index in [4.69, 9.17) is 18.9 Å². The highest BCUT2D eigenvalue weighted by Gasteiger charge is 2.23. The van der Waals surface area contributed by atoms with E-state index in [2.05, 4.69) is 160 Å². The molecule has 0 aliphatic heterocycles. The molecule has 0 saturated heterocycles. The van der Waals surface area contributed by atoms with Crippen LogP contribution in [0.5, 0.6) is 23.0 Å². The van der Waals surface area contributed by atoms with Crippen molar-refractivity contribution in [2.45, 2.75) is 79.1 Å². The average molecular weight is 1320 g/mol. The maximum atomic E-state index is 12.4. The molecule has 0 fully saturated rings. The maximum Gasteiger partial charge on any atom is 0.338 e. The van der Waals surface area contributed by atoms with Gasteiger partial charge in [-0.25, -0.2) is 19.2 Å². The number of para-hydroxylation sites is 2. The highest BCUT2D eigenvalue weighted by molar-refractivity contribution is 7.27. The van der Waals surface area contributed by atoms with Crippen molar-refractivity contribution in [3.63, 3.8) is 0 Å². The zero-order valence-corrected chi connectivity index (χ0v) is 57.0. The molecule has 10 heteroatoms. The summed E-state index contributed by atoms with van der Waals surface area (Å²) >= 11 is 3.74. The van der Waals surface area contributed by atoms with Crippen molar-refractivity contribution in [2.75, 3.05) is 0 Å². The third kappa shape index (κ3) is 14.0. The Bertz CT molecular complexity index is 5250. The lowest BCUT2D eigenvalue weighted by Gasteiger charge is -2.12. The molecule has 0 unspecified atom stereocenters. The number of rotatable bonds is 20. The van der Waals surface area contributed by atoms with Gasteiger partial charge in [0.05, 0.1) is 0 Å². The number of fused-ring (bicyclic) bond motifs is 14. The molecule has 0 bridgehead atoms. The summed E-state index contributed by atoms with van der Waals surface area (Å²) in [5, 5.41) is 15.0. The van der Waals surface area contributed by atoms with E-state index < -0.39 is 23.9 Å². The van der Waals surface area contributed by atoms with Crippen LogP contribution in [0.1, 0.15) is 72.2 Å². The normalized spacial score (nSPS) is 11.3. The quantitative estimate of drug-likeness (QED) is 0.0422. The summed E-state index contributed by atoms with van der Waals surface area (Å²) in [5.74, 6) is 0.555. The summed E-state index contributed by atoms with van der Waals surface area (Å²) in [4.78, 5) is 49.1. The van der Waals surface area contributed by atoms with E-state index in [-0.39, 0.29) is 0 Å². The Hall–Kier alpha value is -11.0. The highest BCUT2D eigenvalue weighted by Crippen LogP contribution is 2.48. The standard InChI is InChI=1S/2C44H36O4S/c1-27(2)43(45)47-37-19-11-7-13-29(37)21-23-33-25-31-15-5-9-17-35(31)39-40-36-18-10-6-16-32(36)26-34(42(40)49-41(33)39)24-22-30-14-8-12-20-38(30)48-44(46)28(3)4;1-27(2)43(45)47-35-15-9-11-29(23-35)19-21-33-25-31-13-5-7-17-37(31)39-40-38-18-8-6-14-32(38)26-34(42(40)49-41(33)39)22-20-30-12-10-16-36(24-30)48-44(46)28(3)4/h5-20,25-26H,1,3,21-24H2,2,4H3;5-18,23-26H,1,3,19-22H2,2,4H3. The third-order valence-corrected chi connectivity index (χ3v) is 20.6. The Labute approximate surface area is 578 Å². The number of hydrogen-bond acceptors (Lipinski definition) is 10. The second kappa shape index (κ2) is 28.7. The van der Waals surface area contributed by atoms with E-state index in [0.717, 1.165) is 60.8 Å². The van der Waals surface area contributed by atoms with E-state index >= 15 is 0 Å². The van der Waals surface area contributed by atoms with Crippen molar-refractivity contribution in [2.24, 2.45) is 0 Å². The van der Waals surface area contributed by atoms with E-state index in [0.29, 0.717) is 58.1 Å². The van der Waals surface area contributed by atoms with Crippen LogP contribution in [0.4, 0.5) is 0 Å². The number of aryl methyl sites for hydroxylation is 8. The summed E-state index contributed by atoms with van der Waals surface area (Å²) in [5.41, 5.74) is 10.8. The van der Waals surface area contributed by atoms with Crippen LogP contribution in [0.3, 0.4) is 0 Å². The number of carbonyl (C=O) groups is 4. The zero-order valence-electron chi connectivity index (χ0n) is 55.4. The van der Waals surface area contributed by atoms with Crippen LogP contribution >= 0.6 is 22.7 Å². The summed E-state index contributed by atoms with van der Waals surface area (Å²) < 4.78 is 27.6. The molecule has 0 aliphatic carbocycles. The fraction of sp³-hybridized carbons (Fsp3) is 0.136. The fourth-order valence-electron chi connectivity index (χ4n) is 13.0. The molecular formula is C88H72O8S2. The molecule has 0 N–H and O–H groups in total. The first-order chi connectivity index (χ1) is 47.5. The van der Waals surface area contributed by atoms with Crippen molar-refractivity contribution in [1.29, 1.82) is 0 Å². The molecule has 14 aromatic rings. The van der Waals surface area contributed by atoms with Gasteiger partial charge >= 0.3 is 23.9 Å². The molecule has 0 amide bonds. The van der Waals surface area contributed by atoms with Gasteiger partial charge < -0.3 is 18.9 Å². The average Bonchev–Trinajstić information content (AvgIpc) is 1.56. The van der Waals surface area contributed by atoms with Gasteiger partial charge in [-0.2, -0.15) is 0 Å². The van der Waals surface area contributed by atoms with Crippen LogP contribution in [-0.4, -0.2) is 23.9 Å². The number of hydrogen-bond donors (Lipinski definition) is 0. The zero-order chi connectivity index (χ0) is 68.1. The lowest BCUT2D eigenvalue weighted by molar-refractivity contribution is -0.131. The van der Waals surface area contributed by atoms with E-state index in [1.54, 1.807) is 27.7 Å². The smallest absolute Gasteiger partial charge is 0.338 e. The molecule has 14 rings (SSSR count). The molecule has 8 nitrogen and oxygen atoms in total. The SMILES string of the molecule is C=C(C)C(=O)Oc1cccc(CCc2cc3ccccc3c3c2sc2c(CCc4cccc(OC(=O)C(=C)C)c4)cc4ccccc4c23)c1.C=C(C)C(=O)Oc1ccccc1CCc1cc2ccccc2c2c1sc1c(CCc3ccccc3OC(=O)C(=C)C)cc3ccccc3c12. The molecular weight excluding hydrogens is 1250 g/mol. The van der Waals surface area contributed by atoms with Crippen LogP contribution < -0.4 is 18.9 Å². The number of ether oxygens (including phenoxy) is 4. The van der Waals surface area contributed by atoms with Gasteiger partial charge in [0.15, 0.2) is 0 Å². The molecule has 2 aromatic heterocycles. The molecule has 0 atom stereocenters. The van der Waals surface area contributed by atoms with Crippen LogP contribution in [0.25, 0.3) is 83.4 Å². The minimum absolute atomic E-state index is 0.371. The molecule has 12 aromatic carbocycles. The Kier molecular flexibility index (Phi) is 19.2. The van der Waals surface area contributed by atoms with Gasteiger partial charge in [0, 0.05) is 62.6 Å². The van der Waals surface area contributed by atoms with Gasteiger partial charge in [-0.1, -0.05) is 184 Å². The van der Waals surface area contributed by atoms with E-state index in [1.807, 2.05) is 108 Å². The molecule has 0 spiro atoms. The maximum absolute atomic E-state index is 12.4. The minimum Gasteiger partial charge on any atom is -0.423 e. The van der Waals surface area contributed by atoms with Crippen LogP contribution in [0.15, 0.2) is 267 Å². The first-order valence-corrected chi connectivity index (χ1v) is 34.6. The van der Waals surface area contributed by atoms with Gasteiger partial charge in [0.25, 0.3) is 0 Å². The minimum atomic E-state index is -0.416. The predicted molar refractivity (Wildman–Crippen MR) is 406 cm³/mol. The van der Waals surface area contributed by atoms with Crippen molar-refractivity contribution in [1.82, 2.24) is 0 Å². The summed E-state index contributed by atoms with van der Waals surface area (Å²) in [6.07, 6.45) is 6.29. The summed E-state index contributed by atoms with van der Waals surface area (Å²) in [6, 6.07) is 75.0. The lowest BCUT2D eigenvalue weighted by Crippen LogP contribution is -2.10. The largest absolute Gasteiger partial charge is 0.423 e. The Morgan fingerprint density at radius 3 is 0.867 bits per heavy atom. The topological polar surface area (TPSA) is 105 Å². The van der Waals surface area contributed by atoms with Gasteiger partial charge in [-0.15, -0.1) is 22.7 Å². The van der Waals surface area contributed by atoms with Gasteiger partial charge in [0.2, 0.25) is 0 Å². The number of carbonyl (C=O) groups excluding carboxylic acids is 4. The van der Waals surface area contributed by atoms with Crippen molar-refractivity contribution in [3.8, 4) is 23.0 Å². The first kappa shape index (κ1) is 65.6.